The molecular formula is C14H24N2O4S. The molecule has 4 atom stereocenters. The third kappa shape index (κ3) is 4.03. The molecule has 0 aromatic carbocycles. The molecule has 1 aliphatic carbocycles. The molecule has 0 bridgehead atoms. The van der Waals surface area contributed by atoms with E-state index in [0.29, 0.717) is 18.2 Å². The van der Waals surface area contributed by atoms with E-state index in [1.807, 2.05) is 11.8 Å². The van der Waals surface area contributed by atoms with E-state index in [9.17, 15) is 14.7 Å². The fourth-order valence-corrected chi connectivity index (χ4v) is 4.29. The van der Waals surface area contributed by atoms with Gasteiger partial charge in [0.05, 0.1) is 6.10 Å². The Bertz CT molecular complexity index is 393. The van der Waals surface area contributed by atoms with Crippen LogP contribution in [-0.2, 0) is 9.53 Å². The van der Waals surface area contributed by atoms with Crippen molar-refractivity contribution >= 4 is 23.8 Å². The summed E-state index contributed by atoms with van der Waals surface area (Å²) in [5.74, 6) is 0.129. The summed E-state index contributed by atoms with van der Waals surface area (Å²) in [6.45, 7) is 2.49. The lowest BCUT2D eigenvalue weighted by Crippen LogP contribution is -2.48. The highest BCUT2D eigenvalue weighted by atomic mass is 32.2. The first kappa shape index (κ1) is 16.4. The largest absolute Gasteiger partial charge is 0.480 e. The zero-order valence-electron chi connectivity index (χ0n) is 12.6. The van der Waals surface area contributed by atoms with Gasteiger partial charge in [-0.05, 0) is 25.0 Å². The summed E-state index contributed by atoms with van der Waals surface area (Å²) in [5.41, 5.74) is 0. The quantitative estimate of drug-likeness (QED) is 0.804. The van der Waals surface area contributed by atoms with Crippen LogP contribution >= 0.6 is 11.8 Å². The van der Waals surface area contributed by atoms with Gasteiger partial charge in [-0.25, -0.2) is 9.59 Å². The maximum atomic E-state index is 12.3. The number of methoxy groups -OCH3 is 1. The van der Waals surface area contributed by atoms with Gasteiger partial charge in [-0.1, -0.05) is 6.92 Å². The van der Waals surface area contributed by atoms with E-state index < -0.39 is 12.0 Å². The minimum atomic E-state index is -0.962. The van der Waals surface area contributed by atoms with Crippen LogP contribution in [0, 0.1) is 0 Å². The molecule has 2 rings (SSSR count). The number of nitrogens with zero attached hydrogens (tertiary/aromatic N) is 1. The molecule has 2 amide bonds. The van der Waals surface area contributed by atoms with Crippen LogP contribution in [0.5, 0.6) is 0 Å². The van der Waals surface area contributed by atoms with Gasteiger partial charge in [0.2, 0.25) is 0 Å². The molecule has 1 heterocycles. The number of rotatable bonds is 5. The van der Waals surface area contributed by atoms with Crippen molar-refractivity contribution in [2.45, 2.75) is 56.0 Å². The number of nitrogens with one attached hydrogen (secondary N) is 1. The number of carboxylic acid groups (broad SMARTS) is 1. The van der Waals surface area contributed by atoms with Crippen molar-refractivity contribution in [2.24, 2.45) is 0 Å². The van der Waals surface area contributed by atoms with E-state index >= 15 is 0 Å². The van der Waals surface area contributed by atoms with Crippen LogP contribution in [0.25, 0.3) is 0 Å². The highest BCUT2D eigenvalue weighted by molar-refractivity contribution is 7.99. The van der Waals surface area contributed by atoms with Crippen molar-refractivity contribution in [3.05, 3.63) is 0 Å². The number of ether oxygens (including phenoxy) is 1. The summed E-state index contributed by atoms with van der Waals surface area (Å²) >= 11 is 1.93. The lowest BCUT2D eigenvalue weighted by atomic mass is 10.2. The number of carbonyl (C=O) groups excluding carboxylic acids is 1. The molecule has 0 radical (unpaired) electrons. The number of aliphatic carboxylic acids is 1. The molecule has 0 aromatic rings. The van der Waals surface area contributed by atoms with Crippen molar-refractivity contribution in [1.29, 1.82) is 0 Å². The second-order valence-corrected chi connectivity index (χ2v) is 7.21. The second kappa shape index (κ2) is 7.35. The minimum Gasteiger partial charge on any atom is -0.480 e. The lowest BCUT2D eigenvalue weighted by molar-refractivity contribution is -0.141. The van der Waals surface area contributed by atoms with E-state index in [2.05, 4.69) is 12.2 Å². The molecule has 4 unspecified atom stereocenters. The summed E-state index contributed by atoms with van der Waals surface area (Å²) in [5, 5.41) is 12.8. The Morgan fingerprint density at radius 3 is 2.76 bits per heavy atom. The Morgan fingerprint density at radius 1 is 1.38 bits per heavy atom. The number of amides is 2. The van der Waals surface area contributed by atoms with Crippen molar-refractivity contribution in [3.63, 3.8) is 0 Å². The standard InChI is InChI=1S/C14H24N2O4S/c1-3-21-11-5-4-9(6-11)15-14(19)16-8-10(20-2)7-12(16)13(17)18/h9-12H,3-8H2,1-2H3,(H,15,19)(H,17,18). The van der Waals surface area contributed by atoms with E-state index in [4.69, 9.17) is 4.74 Å². The number of urea groups is 1. The number of hydrogen-bond acceptors (Lipinski definition) is 4. The Hall–Kier alpha value is -0.950. The van der Waals surface area contributed by atoms with Crippen LogP contribution < -0.4 is 5.32 Å². The Balaban J connectivity index is 1.89. The first-order valence-corrected chi connectivity index (χ1v) is 8.54. The normalized spacial score (nSPS) is 32.4. The van der Waals surface area contributed by atoms with Crippen molar-refractivity contribution in [3.8, 4) is 0 Å². The zero-order chi connectivity index (χ0) is 15.4. The fourth-order valence-electron chi connectivity index (χ4n) is 3.14. The molecule has 1 saturated heterocycles. The Kier molecular flexibility index (Phi) is 5.75. The Morgan fingerprint density at radius 2 is 2.14 bits per heavy atom. The van der Waals surface area contributed by atoms with Crippen LogP contribution in [0.3, 0.4) is 0 Å². The predicted molar refractivity (Wildman–Crippen MR) is 81.6 cm³/mol. The maximum absolute atomic E-state index is 12.3. The second-order valence-electron chi connectivity index (χ2n) is 5.64. The van der Waals surface area contributed by atoms with Crippen LogP contribution in [-0.4, -0.2) is 64.9 Å². The third-order valence-corrected chi connectivity index (χ3v) is 5.49. The molecular weight excluding hydrogens is 292 g/mol. The highest BCUT2D eigenvalue weighted by Gasteiger charge is 2.40. The molecule has 7 heteroatoms. The van der Waals surface area contributed by atoms with E-state index in [0.717, 1.165) is 25.0 Å². The highest BCUT2D eigenvalue weighted by Crippen LogP contribution is 2.30. The summed E-state index contributed by atoms with van der Waals surface area (Å²) in [6, 6.07) is -0.885. The average molecular weight is 316 g/mol. The summed E-state index contributed by atoms with van der Waals surface area (Å²) < 4.78 is 5.20. The SMILES string of the molecule is CCSC1CCC(NC(=O)N2CC(OC)CC2C(=O)O)C1. The number of hydrogen-bond donors (Lipinski definition) is 2. The molecule has 2 fully saturated rings. The maximum Gasteiger partial charge on any atom is 0.326 e. The van der Waals surface area contributed by atoms with Crippen LogP contribution in [0.1, 0.15) is 32.6 Å². The monoisotopic (exact) mass is 316 g/mol. The van der Waals surface area contributed by atoms with Gasteiger partial charge in [0.15, 0.2) is 0 Å². The van der Waals surface area contributed by atoms with Gasteiger partial charge in [-0.3, -0.25) is 0 Å². The van der Waals surface area contributed by atoms with Gasteiger partial charge in [0, 0.05) is 31.4 Å². The summed E-state index contributed by atoms with van der Waals surface area (Å²) in [7, 11) is 1.55. The molecule has 2 N–H and O–H groups in total. The van der Waals surface area contributed by atoms with Crippen molar-refractivity contribution in [1.82, 2.24) is 10.2 Å². The molecule has 2 aliphatic rings. The average Bonchev–Trinajstić information content (AvgIpc) is 3.05. The van der Waals surface area contributed by atoms with Gasteiger partial charge in [-0.15, -0.1) is 0 Å². The minimum absolute atomic E-state index is 0.164. The van der Waals surface area contributed by atoms with E-state index in [1.165, 1.54) is 4.90 Å². The molecule has 0 aromatic heterocycles. The van der Waals surface area contributed by atoms with E-state index in [1.54, 1.807) is 7.11 Å². The van der Waals surface area contributed by atoms with E-state index in [-0.39, 0.29) is 18.2 Å². The van der Waals surface area contributed by atoms with Gasteiger partial charge < -0.3 is 20.1 Å². The van der Waals surface area contributed by atoms with Gasteiger partial charge in [0.1, 0.15) is 6.04 Å². The van der Waals surface area contributed by atoms with Gasteiger partial charge in [0.25, 0.3) is 0 Å². The molecule has 6 nitrogen and oxygen atoms in total. The topological polar surface area (TPSA) is 78.9 Å². The van der Waals surface area contributed by atoms with Gasteiger partial charge in [-0.2, -0.15) is 11.8 Å². The lowest BCUT2D eigenvalue weighted by Gasteiger charge is -2.24. The van der Waals surface area contributed by atoms with Crippen LogP contribution in [0.4, 0.5) is 4.79 Å². The Labute approximate surface area is 129 Å². The first-order valence-electron chi connectivity index (χ1n) is 7.49. The summed E-state index contributed by atoms with van der Waals surface area (Å²) in [4.78, 5) is 25.0. The van der Waals surface area contributed by atoms with Gasteiger partial charge >= 0.3 is 12.0 Å². The first-order chi connectivity index (χ1) is 10.0. The number of carbonyl (C=O) groups is 2. The summed E-state index contributed by atoms with van der Waals surface area (Å²) in [6.07, 6.45) is 3.24. The number of likely N-dealkylation sites (tertiary alicyclic amines) is 1. The molecule has 1 aliphatic heterocycles. The third-order valence-electron chi connectivity index (χ3n) is 4.26. The molecule has 1 saturated carbocycles. The number of carboxylic acids is 1. The smallest absolute Gasteiger partial charge is 0.326 e. The molecule has 21 heavy (non-hydrogen) atoms. The molecule has 0 spiro atoms. The predicted octanol–water partition coefficient (Wildman–Crippen LogP) is 1.54. The van der Waals surface area contributed by atoms with Crippen LogP contribution in [0.15, 0.2) is 0 Å². The van der Waals surface area contributed by atoms with Crippen molar-refractivity contribution in [2.75, 3.05) is 19.4 Å². The van der Waals surface area contributed by atoms with Crippen molar-refractivity contribution < 1.29 is 19.4 Å². The zero-order valence-corrected chi connectivity index (χ0v) is 13.4. The van der Waals surface area contributed by atoms with Crippen LogP contribution in [0.2, 0.25) is 0 Å². The fraction of sp³-hybridized carbons (Fsp3) is 0.857. The molecule has 120 valence electrons. The number of thioether (sulfide) groups is 1.